The highest BCUT2D eigenvalue weighted by molar-refractivity contribution is 5.93. The summed E-state index contributed by atoms with van der Waals surface area (Å²) in [7, 11) is 0. The second kappa shape index (κ2) is 7.37. The molecule has 1 aliphatic heterocycles. The van der Waals surface area contributed by atoms with Gasteiger partial charge in [-0.1, -0.05) is 24.3 Å². The zero-order chi connectivity index (χ0) is 18.6. The topological polar surface area (TPSA) is 72.5 Å². The smallest absolute Gasteiger partial charge is 0.270 e. The standard InChI is InChI=1S/C21H19N3O3/c1-14-4-2-3-5-17(14)24-16-8-9-22-18(11-16)21(25)23-12-15-6-7-19-20(10-15)27-13-26-19/h2-11H,12-13H2,1H3,(H,22,24)(H,23,25). The lowest BCUT2D eigenvalue weighted by Gasteiger charge is -2.10. The normalized spacial score (nSPS) is 11.9. The summed E-state index contributed by atoms with van der Waals surface area (Å²) in [5, 5.41) is 6.20. The Kier molecular flexibility index (Phi) is 4.61. The molecule has 2 heterocycles. The summed E-state index contributed by atoms with van der Waals surface area (Å²) in [5.74, 6) is 1.19. The maximum Gasteiger partial charge on any atom is 0.270 e. The zero-order valence-electron chi connectivity index (χ0n) is 14.9. The SMILES string of the molecule is Cc1ccccc1Nc1ccnc(C(=O)NCc2ccc3c(c2)OCO3)c1. The van der Waals surface area contributed by atoms with Crippen molar-refractivity contribution in [1.29, 1.82) is 0 Å². The van der Waals surface area contributed by atoms with E-state index in [0.29, 0.717) is 18.0 Å². The Labute approximate surface area is 157 Å². The van der Waals surface area contributed by atoms with Gasteiger partial charge in [0, 0.05) is 24.1 Å². The van der Waals surface area contributed by atoms with Crippen LogP contribution in [0, 0.1) is 6.92 Å². The van der Waals surface area contributed by atoms with Gasteiger partial charge >= 0.3 is 0 Å². The van der Waals surface area contributed by atoms with Crippen molar-refractivity contribution in [3.05, 3.63) is 77.6 Å². The first-order valence-corrected chi connectivity index (χ1v) is 8.64. The van der Waals surface area contributed by atoms with E-state index in [-0.39, 0.29) is 12.7 Å². The van der Waals surface area contributed by atoms with E-state index in [1.54, 1.807) is 12.3 Å². The Morgan fingerprint density at radius 3 is 2.81 bits per heavy atom. The molecule has 6 heteroatoms. The Balaban J connectivity index is 1.42. The van der Waals surface area contributed by atoms with Crippen molar-refractivity contribution in [3.8, 4) is 11.5 Å². The largest absolute Gasteiger partial charge is 0.454 e. The van der Waals surface area contributed by atoms with Gasteiger partial charge in [0.25, 0.3) is 5.91 Å². The lowest BCUT2D eigenvalue weighted by Crippen LogP contribution is -2.23. The first kappa shape index (κ1) is 16.9. The number of rotatable bonds is 5. The number of nitrogens with one attached hydrogen (secondary N) is 2. The molecule has 27 heavy (non-hydrogen) atoms. The summed E-state index contributed by atoms with van der Waals surface area (Å²) >= 11 is 0. The molecular formula is C21H19N3O3. The number of amides is 1. The van der Waals surface area contributed by atoms with Gasteiger partial charge in [-0.05, 0) is 48.4 Å². The Morgan fingerprint density at radius 2 is 1.93 bits per heavy atom. The maximum absolute atomic E-state index is 12.5. The number of aromatic nitrogens is 1. The van der Waals surface area contributed by atoms with E-state index in [2.05, 4.69) is 15.6 Å². The molecule has 2 aromatic carbocycles. The lowest BCUT2D eigenvalue weighted by atomic mass is 10.2. The number of hydrogen-bond donors (Lipinski definition) is 2. The zero-order valence-corrected chi connectivity index (χ0v) is 14.9. The molecule has 1 aliphatic rings. The third-order valence-electron chi connectivity index (χ3n) is 4.31. The summed E-state index contributed by atoms with van der Waals surface area (Å²) in [6.07, 6.45) is 1.62. The van der Waals surface area contributed by atoms with Gasteiger partial charge in [0.15, 0.2) is 11.5 Å². The van der Waals surface area contributed by atoms with Crippen LogP contribution in [0.4, 0.5) is 11.4 Å². The number of hydrogen-bond acceptors (Lipinski definition) is 5. The van der Waals surface area contributed by atoms with E-state index in [4.69, 9.17) is 9.47 Å². The van der Waals surface area contributed by atoms with Crippen LogP contribution in [0.1, 0.15) is 21.6 Å². The number of para-hydroxylation sites is 1. The second-order valence-corrected chi connectivity index (χ2v) is 6.24. The van der Waals surface area contributed by atoms with Gasteiger partial charge in [-0.15, -0.1) is 0 Å². The van der Waals surface area contributed by atoms with E-state index in [9.17, 15) is 4.79 Å². The van der Waals surface area contributed by atoms with Gasteiger partial charge in [0.05, 0.1) is 0 Å². The third kappa shape index (κ3) is 3.84. The van der Waals surface area contributed by atoms with Gasteiger partial charge in [-0.3, -0.25) is 9.78 Å². The summed E-state index contributed by atoms with van der Waals surface area (Å²) in [5.41, 5.74) is 4.22. The average molecular weight is 361 g/mol. The summed E-state index contributed by atoms with van der Waals surface area (Å²) in [6, 6.07) is 17.2. The molecule has 3 aromatic rings. The summed E-state index contributed by atoms with van der Waals surface area (Å²) in [6.45, 7) is 2.64. The van der Waals surface area contributed by atoms with Crippen molar-refractivity contribution in [2.75, 3.05) is 12.1 Å². The van der Waals surface area contributed by atoms with Gasteiger partial charge < -0.3 is 20.1 Å². The number of aryl methyl sites for hydroxylation is 1. The molecule has 4 rings (SSSR count). The molecule has 0 saturated heterocycles. The first-order chi connectivity index (χ1) is 13.2. The summed E-state index contributed by atoms with van der Waals surface area (Å²) in [4.78, 5) is 16.6. The van der Waals surface area contributed by atoms with Crippen molar-refractivity contribution < 1.29 is 14.3 Å². The van der Waals surface area contributed by atoms with E-state index in [1.165, 1.54) is 0 Å². The van der Waals surface area contributed by atoms with Crippen molar-refractivity contribution in [2.24, 2.45) is 0 Å². The number of ether oxygens (including phenoxy) is 2. The minimum absolute atomic E-state index is 0.232. The Morgan fingerprint density at radius 1 is 1.07 bits per heavy atom. The van der Waals surface area contributed by atoms with Crippen LogP contribution < -0.4 is 20.1 Å². The third-order valence-corrected chi connectivity index (χ3v) is 4.31. The Hall–Kier alpha value is -3.54. The van der Waals surface area contributed by atoms with Crippen LogP contribution in [0.5, 0.6) is 11.5 Å². The Bertz CT molecular complexity index is 988. The number of benzene rings is 2. The van der Waals surface area contributed by atoms with Gasteiger partial charge in [-0.25, -0.2) is 0 Å². The number of carbonyl (C=O) groups is 1. The van der Waals surface area contributed by atoms with Gasteiger partial charge in [0.1, 0.15) is 5.69 Å². The fourth-order valence-electron chi connectivity index (χ4n) is 2.82. The van der Waals surface area contributed by atoms with Crippen LogP contribution in [0.2, 0.25) is 0 Å². The maximum atomic E-state index is 12.5. The van der Waals surface area contributed by atoms with Gasteiger partial charge in [-0.2, -0.15) is 0 Å². The monoisotopic (exact) mass is 361 g/mol. The molecule has 0 bridgehead atoms. The van der Waals surface area contributed by atoms with Crippen molar-refractivity contribution in [1.82, 2.24) is 10.3 Å². The van der Waals surface area contributed by atoms with Crippen LogP contribution in [0.3, 0.4) is 0 Å². The van der Waals surface area contributed by atoms with Crippen LogP contribution in [-0.2, 0) is 6.54 Å². The molecule has 0 aliphatic carbocycles. The molecule has 0 unspecified atom stereocenters. The molecule has 0 atom stereocenters. The van der Waals surface area contributed by atoms with Crippen LogP contribution in [0.15, 0.2) is 60.8 Å². The molecule has 0 radical (unpaired) electrons. The van der Waals surface area contributed by atoms with Crippen LogP contribution >= 0.6 is 0 Å². The predicted octanol–water partition coefficient (Wildman–Crippen LogP) is 3.79. The molecule has 0 saturated carbocycles. The molecule has 1 aromatic heterocycles. The van der Waals surface area contributed by atoms with Gasteiger partial charge in [0.2, 0.25) is 6.79 Å². The highest BCUT2D eigenvalue weighted by Crippen LogP contribution is 2.32. The van der Waals surface area contributed by atoms with Crippen molar-refractivity contribution in [2.45, 2.75) is 13.5 Å². The summed E-state index contributed by atoms with van der Waals surface area (Å²) < 4.78 is 10.6. The molecule has 0 spiro atoms. The number of anilines is 2. The molecule has 0 fully saturated rings. The minimum atomic E-state index is -0.235. The molecule has 1 amide bonds. The second-order valence-electron chi connectivity index (χ2n) is 6.24. The molecule has 6 nitrogen and oxygen atoms in total. The number of nitrogens with zero attached hydrogens (tertiary/aromatic N) is 1. The predicted molar refractivity (Wildman–Crippen MR) is 102 cm³/mol. The molecule has 2 N–H and O–H groups in total. The highest BCUT2D eigenvalue weighted by atomic mass is 16.7. The van der Waals surface area contributed by atoms with Crippen molar-refractivity contribution in [3.63, 3.8) is 0 Å². The first-order valence-electron chi connectivity index (χ1n) is 8.64. The van der Waals surface area contributed by atoms with Crippen molar-refractivity contribution >= 4 is 17.3 Å². The number of pyridine rings is 1. The fraction of sp³-hybridized carbons (Fsp3) is 0.143. The number of fused-ring (bicyclic) bond motifs is 1. The quantitative estimate of drug-likeness (QED) is 0.723. The van der Waals surface area contributed by atoms with E-state index >= 15 is 0 Å². The molecular weight excluding hydrogens is 342 g/mol. The van der Waals surface area contributed by atoms with Crippen LogP contribution in [-0.4, -0.2) is 17.7 Å². The highest BCUT2D eigenvalue weighted by Gasteiger charge is 2.14. The van der Waals surface area contributed by atoms with E-state index in [0.717, 1.165) is 28.3 Å². The fourth-order valence-corrected chi connectivity index (χ4v) is 2.82. The number of carbonyl (C=O) groups excluding carboxylic acids is 1. The van der Waals surface area contributed by atoms with E-state index < -0.39 is 0 Å². The molecule has 136 valence electrons. The van der Waals surface area contributed by atoms with E-state index in [1.807, 2.05) is 55.5 Å². The lowest BCUT2D eigenvalue weighted by molar-refractivity contribution is 0.0946. The minimum Gasteiger partial charge on any atom is -0.454 e. The van der Waals surface area contributed by atoms with Crippen LogP contribution in [0.25, 0.3) is 0 Å². The average Bonchev–Trinajstić information content (AvgIpc) is 3.16.